The fourth-order valence-electron chi connectivity index (χ4n) is 1.36. The average Bonchev–Trinajstić information content (AvgIpc) is 2.46. The number of nitrogens with zero attached hydrogens (tertiary/aromatic N) is 3. The topological polar surface area (TPSA) is 67.2 Å². The Balaban J connectivity index is 2.06. The number of carbonyl (C=O) groups is 1. The van der Waals surface area contributed by atoms with Gasteiger partial charge >= 0.3 is 0 Å². The summed E-state index contributed by atoms with van der Waals surface area (Å²) in [6.07, 6.45) is 4.33. The normalized spacial score (nSPS) is 11.2. The summed E-state index contributed by atoms with van der Waals surface area (Å²) < 4.78 is 0. The molecule has 5 nitrogen and oxygen atoms in total. The Kier molecular flexibility index (Phi) is 4.20. The summed E-state index contributed by atoms with van der Waals surface area (Å²) in [7, 11) is 0. The minimum atomic E-state index is -0.401. The molecule has 0 radical (unpaired) electrons. The molecule has 1 heterocycles. The summed E-state index contributed by atoms with van der Waals surface area (Å²) >= 11 is 5.80. The summed E-state index contributed by atoms with van der Waals surface area (Å²) in [6.45, 7) is 1.79. The van der Waals surface area contributed by atoms with E-state index < -0.39 is 5.91 Å². The molecule has 0 aliphatic rings. The number of rotatable bonds is 3. The second kappa shape index (κ2) is 6.06. The summed E-state index contributed by atoms with van der Waals surface area (Å²) in [4.78, 5) is 19.4. The lowest BCUT2D eigenvalue weighted by atomic mass is 10.1. The van der Waals surface area contributed by atoms with Crippen LogP contribution in [0.15, 0.2) is 48.0 Å². The van der Waals surface area contributed by atoms with Gasteiger partial charge in [0.1, 0.15) is 5.69 Å². The molecule has 0 unspecified atom stereocenters. The molecule has 0 aliphatic carbocycles. The van der Waals surface area contributed by atoms with Crippen LogP contribution in [0.2, 0.25) is 5.02 Å². The first-order valence-electron chi connectivity index (χ1n) is 5.53. The molecule has 0 spiro atoms. The van der Waals surface area contributed by atoms with Crippen LogP contribution in [0.4, 0.5) is 0 Å². The zero-order valence-electron chi connectivity index (χ0n) is 10.2. The van der Waals surface area contributed by atoms with Crippen molar-refractivity contribution in [1.29, 1.82) is 0 Å². The van der Waals surface area contributed by atoms with Crippen molar-refractivity contribution in [3.05, 3.63) is 59.1 Å². The van der Waals surface area contributed by atoms with Crippen LogP contribution in [0.1, 0.15) is 23.0 Å². The van der Waals surface area contributed by atoms with Crippen LogP contribution < -0.4 is 5.43 Å². The first kappa shape index (κ1) is 13.2. The van der Waals surface area contributed by atoms with Crippen LogP contribution in [0, 0.1) is 0 Å². The second-order valence-corrected chi connectivity index (χ2v) is 4.17. The van der Waals surface area contributed by atoms with Gasteiger partial charge in [0.2, 0.25) is 0 Å². The Hall–Kier alpha value is -2.27. The molecule has 1 amide bonds. The maximum atomic E-state index is 11.7. The van der Waals surface area contributed by atoms with Crippen molar-refractivity contribution in [2.24, 2.45) is 5.10 Å². The van der Waals surface area contributed by atoms with E-state index in [9.17, 15) is 4.79 Å². The van der Waals surface area contributed by atoms with Crippen LogP contribution in [-0.4, -0.2) is 21.6 Å². The van der Waals surface area contributed by atoms with Gasteiger partial charge in [0.25, 0.3) is 5.91 Å². The molecule has 19 heavy (non-hydrogen) atoms. The predicted octanol–water partition coefficient (Wildman–Crippen LogP) is 2.28. The Labute approximate surface area is 115 Å². The monoisotopic (exact) mass is 274 g/mol. The van der Waals surface area contributed by atoms with Crippen molar-refractivity contribution in [1.82, 2.24) is 15.4 Å². The maximum Gasteiger partial charge on any atom is 0.291 e. The lowest BCUT2D eigenvalue weighted by molar-refractivity contribution is 0.0949. The van der Waals surface area contributed by atoms with Gasteiger partial charge in [0.05, 0.1) is 11.9 Å². The Morgan fingerprint density at radius 3 is 2.63 bits per heavy atom. The fourth-order valence-corrected chi connectivity index (χ4v) is 1.49. The van der Waals surface area contributed by atoms with Crippen LogP contribution in [0.5, 0.6) is 0 Å². The minimum Gasteiger partial charge on any atom is -0.265 e. The molecular weight excluding hydrogens is 264 g/mol. The molecule has 2 aromatic rings. The number of nitrogens with one attached hydrogen (secondary N) is 1. The van der Waals surface area contributed by atoms with E-state index in [1.807, 2.05) is 12.1 Å². The third-order valence-corrected chi connectivity index (χ3v) is 2.63. The van der Waals surface area contributed by atoms with Crippen molar-refractivity contribution in [3.63, 3.8) is 0 Å². The Morgan fingerprint density at radius 1 is 1.26 bits per heavy atom. The van der Waals surface area contributed by atoms with Crippen LogP contribution in [-0.2, 0) is 0 Å². The molecule has 0 saturated heterocycles. The van der Waals surface area contributed by atoms with E-state index in [1.165, 1.54) is 18.6 Å². The molecule has 1 aromatic heterocycles. The fraction of sp³-hybridized carbons (Fsp3) is 0.0769. The van der Waals surface area contributed by atoms with E-state index in [0.717, 1.165) is 5.56 Å². The van der Waals surface area contributed by atoms with Gasteiger partial charge < -0.3 is 0 Å². The number of amides is 1. The predicted molar refractivity (Wildman–Crippen MR) is 73.2 cm³/mol. The molecule has 0 fully saturated rings. The summed E-state index contributed by atoms with van der Waals surface area (Å²) in [5.41, 5.74) is 4.20. The van der Waals surface area contributed by atoms with Gasteiger partial charge in [-0.2, -0.15) is 5.10 Å². The van der Waals surface area contributed by atoms with Crippen LogP contribution in [0.3, 0.4) is 0 Å². The number of benzene rings is 1. The molecule has 0 bridgehead atoms. The zero-order valence-corrected chi connectivity index (χ0v) is 10.9. The highest BCUT2D eigenvalue weighted by atomic mass is 35.5. The van der Waals surface area contributed by atoms with Gasteiger partial charge in [-0.05, 0) is 24.6 Å². The zero-order chi connectivity index (χ0) is 13.7. The molecule has 1 N–H and O–H groups in total. The summed E-state index contributed by atoms with van der Waals surface area (Å²) in [6, 6.07) is 7.19. The second-order valence-electron chi connectivity index (χ2n) is 3.74. The van der Waals surface area contributed by atoms with E-state index in [2.05, 4.69) is 20.5 Å². The van der Waals surface area contributed by atoms with E-state index >= 15 is 0 Å². The van der Waals surface area contributed by atoms with E-state index in [-0.39, 0.29) is 5.69 Å². The summed E-state index contributed by atoms with van der Waals surface area (Å²) in [5.74, 6) is -0.401. The number of carbonyl (C=O) groups excluding carboxylic acids is 1. The van der Waals surface area contributed by atoms with Crippen LogP contribution >= 0.6 is 11.6 Å². The summed E-state index contributed by atoms with van der Waals surface area (Å²) in [5, 5.41) is 4.66. The molecular formula is C13H11ClN4O. The van der Waals surface area contributed by atoms with E-state index in [0.29, 0.717) is 10.7 Å². The smallest absolute Gasteiger partial charge is 0.265 e. The Bertz CT molecular complexity index is 596. The van der Waals surface area contributed by atoms with Gasteiger partial charge in [0, 0.05) is 17.4 Å². The number of hydrogen-bond acceptors (Lipinski definition) is 4. The maximum absolute atomic E-state index is 11.7. The van der Waals surface area contributed by atoms with Crippen molar-refractivity contribution in [2.45, 2.75) is 6.92 Å². The van der Waals surface area contributed by atoms with Gasteiger partial charge in [-0.1, -0.05) is 23.7 Å². The average molecular weight is 275 g/mol. The molecule has 0 atom stereocenters. The lowest BCUT2D eigenvalue weighted by Crippen LogP contribution is -2.20. The van der Waals surface area contributed by atoms with Crippen molar-refractivity contribution >= 4 is 23.2 Å². The van der Waals surface area contributed by atoms with Crippen LogP contribution in [0.25, 0.3) is 0 Å². The highest BCUT2D eigenvalue weighted by molar-refractivity contribution is 6.30. The molecule has 2 rings (SSSR count). The largest absolute Gasteiger partial charge is 0.291 e. The third-order valence-electron chi connectivity index (χ3n) is 2.38. The first-order valence-corrected chi connectivity index (χ1v) is 5.91. The van der Waals surface area contributed by atoms with Gasteiger partial charge in [-0.25, -0.2) is 10.4 Å². The van der Waals surface area contributed by atoms with Crippen molar-refractivity contribution in [2.75, 3.05) is 0 Å². The SMILES string of the molecule is C/C(=N/NC(=O)c1cnccn1)c1ccc(Cl)cc1. The van der Waals surface area contributed by atoms with Gasteiger partial charge in [-0.15, -0.1) is 0 Å². The quantitative estimate of drug-likeness (QED) is 0.690. The Morgan fingerprint density at radius 2 is 2.00 bits per heavy atom. The number of hydrogen-bond donors (Lipinski definition) is 1. The molecule has 0 saturated carbocycles. The first-order chi connectivity index (χ1) is 9.16. The number of halogens is 1. The minimum absolute atomic E-state index is 0.218. The number of aromatic nitrogens is 2. The standard InChI is InChI=1S/C13H11ClN4O/c1-9(10-2-4-11(14)5-3-10)17-18-13(19)12-8-15-6-7-16-12/h2-8H,1H3,(H,18,19)/b17-9-. The van der Waals surface area contributed by atoms with Gasteiger partial charge in [-0.3, -0.25) is 9.78 Å². The molecule has 6 heteroatoms. The van der Waals surface area contributed by atoms with E-state index in [1.54, 1.807) is 19.1 Å². The third kappa shape index (κ3) is 3.59. The van der Waals surface area contributed by atoms with E-state index in [4.69, 9.17) is 11.6 Å². The highest BCUT2D eigenvalue weighted by Gasteiger charge is 2.05. The van der Waals surface area contributed by atoms with Crippen molar-refractivity contribution < 1.29 is 4.79 Å². The van der Waals surface area contributed by atoms with Gasteiger partial charge in [0.15, 0.2) is 0 Å². The number of hydrazone groups is 1. The highest BCUT2D eigenvalue weighted by Crippen LogP contribution is 2.10. The molecule has 96 valence electrons. The molecule has 1 aromatic carbocycles. The molecule has 0 aliphatic heterocycles. The lowest BCUT2D eigenvalue weighted by Gasteiger charge is -2.02. The van der Waals surface area contributed by atoms with Crippen molar-refractivity contribution in [3.8, 4) is 0 Å².